The third-order valence-corrected chi connectivity index (χ3v) is 104. The Balaban J connectivity index is 12.3. The van der Waals surface area contributed by atoms with Gasteiger partial charge in [0.05, 0.1) is 4.08 Å². The highest BCUT2D eigenvalue weighted by molar-refractivity contribution is 9.44. The first-order chi connectivity index (χ1) is 62.7. The quantitative estimate of drug-likeness (QED) is 0.00914. The average molecular weight is 2430 g/mol. The SMILES string of the molecule is CCO[Si](CCCS(S)(SS)C(C(C)=C(S(S)(CCC[Si](OCC)(OCC)OCC)SS)S(S)(CCC[Si](OCC)(OCC)OCC)SS)=C(C(C(C)CCCC(C)CCCCC(C)CCCC(C)CCCC(C)C)(S(S)(CCC[Si](OCC)(OCC)OCC)SS)S(S)(CCC[Si](OCC)(OCC)OCC)SS)S(S)(CCC[Si](OCC)(OCC)OCC)SS)(OCC)OCC. The molecule has 10 atom stereocenters. The summed E-state index contributed by atoms with van der Waals surface area (Å²) in [6, 6.07) is 3.00. The zero-order valence-electron chi connectivity index (χ0n) is 85.6. The Morgan fingerprint density at radius 1 is 0.250 bits per heavy atom. The van der Waals surface area contributed by atoms with Crippen LogP contribution in [0.2, 0.25) is 36.3 Å². The van der Waals surface area contributed by atoms with Crippen molar-refractivity contribution in [2.24, 2.45) is 29.6 Å². The fourth-order valence-corrected chi connectivity index (χ4v) is 93.7. The van der Waals surface area contributed by atoms with Gasteiger partial charge < -0.3 is 79.7 Å². The van der Waals surface area contributed by atoms with Crippen molar-refractivity contribution in [2.75, 3.05) is 153 Å². The van der Waals surface area contributed by atoms with Crippen LogP contribution >= 0.6 is 247 Å². The van der Waals surface area contributed by atoms with Gasteiger partial charge in [-0.2, -0.15) is 0 Å². The van der Waals surface area contributed by atoms with Gasteiger partial charge in [-0.05, 0) is 305 Å². The van der Waals surface area contributed by atoms with E-state index >= 15 is 0 Å². The average Bonchev–Trinajstić information content (AvgIpc) is 0.680. The second kappa shape index (κ2) is 76.9. The van der Waals surface area contributed by atoms with E-state index in [0.29, 0.717) is 240 Å². The Hall–Kier alpha value is 8.46. The molecule has 0 heterocycles. The molecule has 802 valence electrons. The van der Waals surface area contributed by atoms with Crippen LogP contribution in [0.5, 0.6) is 0 Å². The first kappa shape index (κ1) is 140. The largest absolute Gasteiger partial charge is 0.500 e. The molecule has 0 fully saturated rings. The van der Waals surface area contributed by atoms with Crippen molar-refractivity contribution >= 4 is 300 Å². The summed E-state index contributed by atoms with van der Waals surface area (Å²) in [4.78, 5) is 2.07. The van der Waals surface area contributed by atoms with Crippen LogP contribution in [0.1, 0.15) is 295 Å². The Morgan fingerprint density at radius 2 is 0.447 bits per heavy atom. The van der Waals surface area contributed by atoms with Crippen molar-refractivity contribution < 1.29 is 79.7 Å². The summed E-state index contributed by atoms with van der Waals surface area (Å²) in [6.07, 6.45) is 18.8. The third kappa shape index (κ3) is 46.4. The second-order valence-electron chi connectivity index (χ2n) is 33.0. The number of thiol groups is 12. The summed E-state index contributed by atoms with van der Waals surface area (Å²) < 4.78 is 122. The van der Waals surface area contributed by atoms with Crippen molar-refractivity contribution in [2.45, 2.75) is 335 Å². The number of hydrogen-bond acceptors (Lipinski definition) is 36. The van der Waals surface area contributed by atoms with E-state index in [1.807, 2.05) is 125 Å². The molecule has 18 nitrogen and oxygen atoms in total. The van der Waals surface area contributed by atoms with Gasteiger partial charge in [-0.25, -0.2) is 0 Å². The lowest BCUT2D eigenvalue weighted by Gasteiger charge is -2.67. The predicted molar refractivity (Wildman–Crippen MR) is 662 cm³/mol. The Kier molecular flexibility index (Phi) is 81.8. The van der Waals surface area contributed by atoms with Gasteiger partial charge in [-0.15, -0.1) is 188 Å². The van der Waals surface area contributed by atoms with Gasteiger partial charge >= 0.3 is 52.8 Å². The summed E-state index contributed by atoms with van der Waals surface area (Å²) in [5.74, 6) is 5.45. The van der Waals surface area contributed by atoms with Gasteiger partial charge in [0.25, 0.3) is 0 Å². The number of allylic oxidation sites excluding steroid dienone is 1. The number of rotatable bonds is 92. The topological polar surface area (TPSA) is 166 Å². The van der Waals surface area contributed by atoms with Crippen molar-refractivity contribution in [1.29, 1.82) is 0 Å². The van der Waals surface area contributed by atoms with E-state index in [4.69, 9.17) is 220 Å². The lowest BCUT2D eigenvalue weighted by atomic mass is 9.90. The Morgan fingerprint density at radius 3 is 0.659 bits per heavy atom. The molecule has 0 aliphatic heterocycles. The maximum absolute atomic E-state index is 6.87. The molecule has 0 aliphatic carbocycles. The molecule has 0 aromatic carbocycles. The van der Waals surface area contributed by atoms with Crippen molar-refractivity contribution in [3.05, 3.63) is 19.6 Å². The van der Waals surface area contributed by atoms with Gasteiger partial charge in [-0.1, -0.05) is 119 Å². The molecule has 48 heteroatoms. The molecule has 0 saturated carbocycles. The molecule has 0 rings (SSSR count). The molecule has 0 saturated heterocycles. The van der Waals surface area contributed by atoms with E-state index in [2.05, 4.69) is 48.5 Å². The van der Waals surface area contributed by atoms with Gasteiger partial charge in [-0.3, -0.25) is 0 Å². The highest BCUT2D eigenvalue weighted by Crippen LogP contribution is 3.00. The summed E-state index contributed by atoms with van der Waals surface area (Å²) >= 11 is 74.8. The van der Waals surface area contributed by atoms with Crippen molar-refractivity contribution in [3.8, 4) is 0 Å². The van der Waals surface area contributed by atoms with E-state index in [-0.39, 0.29) is 5.92 Å². The molecule has 10 unspecified atom stereocenters. The minimum absolute atomic E-state index is 0.286. The first-order valence-electron chi connectivity index (χ1n) is 48.9. The highest BCUT2D eigenvalue weighted by Gasteiger charge is 2.66. The fourth-order valence-electron chi connectivity index (χ4n) is 17.4. The van der Waals surface area contributed by atoms with Crippen LogP contribution in [0, 0.1) is 29.6 Å². The fraction of sp³-hybridized carbons (Fsp3) is 0.952. The molecule has 0 amide bonds. The molecular formula is C84H190O18S24Si6. The van der Waals surface area contributed by atoms with Crippen molar-refractivity contribution in [3.63, 3.8) is 0 Å². The van der Waals surface area contributed by atoms with Gasteiger partial charge in [0.2, 0.25) is 0 Å². The minimum atomic E-state index is -3.42. The number of hydrogen-bond donors (Lipinski definition) is 12. The van der Waals surface area contributed by atoms with Crippen molar-refractivity contribution in [1.82, 2.24) is 0 Å². The normalized spacial score (nSPS) is 18.9. The van der Waals surface area contributed by atoms with E-state index in [1.54, 1.807) is 19.7 Å². The molecule has 132 heavy (non-hydrogen) atoms. The maximum atomic E-state index is 6.87. The zero-order valence-corrected chi connectivity index (χ0v) is 112. The van der Waals surface area contributed by atoms with E-state index in [0.717, 1.165) is 57.1 Å². The van der Waals surface area contributed by atoms with Crippen LogP contribution < -0.4 is 0 Å². The van der Waals surface area contributed by atoms with Crippen LogP contribution in [0.15, 0.2) is 19.6 Å². The van der Waals surface area contributed by atoms with Gasteiger partial charge in [0.15, 0.2) is 0 Å². The maximum Gasteiger partial charge on any atom is 0.500 e. The summed E-state index contributed by atoms with van der Waals surface area (Å²) in [7, 11) is -27.7. The number of unbranched alkanes of at least 4 members (excludes halogenated alkanes) is 1. The van der Waals surface area contributed by atoms with Crippen LogP contribution in [0.4, 0.5) is 0 Å². The minimum Gasteiger partial charge on any atom is -0.374 e. The standard InChI is InChI=1S/C84H190O18S24Si6/c1-26-85-127(86-27-2,87-28-3)69-49-63-121(109,115-103)81(80(25)83(123(111,117-105)65-51-71-129(91-32-7,92-33-8)93-34-9)124(112,118-106)66-52-72-130(94-35-10,95-36-11)96-37-12)82(122(110,116-104)64-50-70-128(88-29-4,89-30-5)90-31-6)84(125(113,119-107)67-53-73-131(97-38-13,98-39-14)99-40-15,126(114,120-108)68-54-74-132(100-41-16,101-42-17)102-43-18)79(24)62-48-61-77(22)57-45-44-56-76(21)59-47-60-78(23)58-46-55-75(19)20/h75-79,103-114H,26-74H2,1-25H3. The van der Waals surface area contributed by atoms with E-state index < -0.39 is 105 Å². The monoisotopic (exact) mass is 2420 g/mol. The molecule has 0 N–H and O–H groups in total. The molecular weight excluding hydrogens is 2240 g/mol. The molecule has 0 aromatic rings. The second-order valence-corrected chi connectivity index (χ2v) is 100. The van der Waals surface area contributed by atoms with Crippen LogP contribution in [-0.4, -0.2) is 210 Å². The molecule has 0 aliphatic rings. The highest BCUT2D eigenvalue weighted by atomic mass is 33.8. The summed E-state index contributed by atoms with van der Waals surface area (Å²) in [6.45, 7) is 60.6. The van der Waals surface area contributed by atoms with Crippen LogP contribution in [-0.2, 0) is 79.7 Å². The summed E-state index contributed by atoms with van der Waals surface area (Å²) in [5, 5.41) is 0. The van der Waals surface area contributed by atoms with Crippen LogP contribution in [0.3, 0.4) is 0 Å². The lowest BCUT2D eigenvalue weighted by Crippen LogP contribution is -2.48. The third-order valence-electron chi connectivity index (χ3n) is 22.6. The van der Waals surface area contributed by atoms with Crippen LogP contribution in [0.25, 0.3) is 0 Å². The molecule has 0 aromatic heterocycles. The summed E-state index contributed by atoms with van der Waals surface area (Å²) in [5.41, 5.74) is 0.953. The van der Waals surface area contributed by atoms with Gasteiger partial charge in [0.1, 0.15) is 0 Å². The van der Waals surface area contributed by atoms with E-state index in [9.17, 15) is 0 Å². The smallest absolute Gasteiger partial charge is 0.374 e. The molecule has 0 bridgehead atoms. The molecule has 0 spiro atoms. The Labute approximate surface area is 906 Å². The first-order valence-corrected chi connectivity index (χ1v) is 91.9. The zero-order chi connectivity index (χ0) is 100. The predicted octanol–water partition coefficient (Wildman–Crippen LogP) is 33.9. The Bertz CT molecular complexity index is 2800. The van der Waals surface area contributed by atoms with E-state index in [1.165, 1.54) is 97.1 Å². The molecule has 0 radical (unpaired) electrons. The van der Waals surface area contributed by atoms with Gasteiger partial charge in [0, 0.05) is 169 Å². The lowest BCUT2D eigenvalue weighted by molar-refractivity contribution is 0.0704.